The monoisotopic (exact) mass is 297 g/mol. The number of aryl methyl sites for hydroxylation is 1. The fraction of sp³-hybridized carbons (Fsp3) is 0.647. The van der Waals surface area contributed by atoms with Crippen molar-refractivity contribution in [3.63, 3.8) is 0 Å². The Balaban J connectivity index is 2.60. The number of nitrogens with one attached hydrogen (secondary N) is 1. The van der Waals surface area contributed by atoms with Crippen LogP contribution in [0.15, 0.2) is 18.2 Å². The lowest BCUT2D eigenvalue weighted by molar-refractivity contribution is 0.254. The van der Waals surface area contributed by atoms with Crippen LogP contribution in [0.3, 0.4) is 0 Å². The van der Waals surface area contributed by atoms with Crippen molar-refractivity contribution in [2.45, 2.75) is 53.0 Å². The van der Waals surface area contributed by atoms with Crippen LogP contribution in [-0.4, -0.2) is 19.7 Å². The Labute approximate surface area is 128 Å². The van der Waals surface area contributed by atoms with Gasteiger partial charge in [0.15, 0.2) is 0 Å². The van der Waals surface area contributed by atoms with Crippen molar-refractivity contribution in [2.24, 2.45) is 5.41 Å². The van der Waals surface area contributed by atoms with Crippen LogP contribution in [0.5, 0.6) is 5.75 Å². The van der Waals surface area contributed by atoms with E-state index in [0.29, 0.717) is 6.04 Å². The zero-order valence-corrected chi connectivity index (χ0v) is 14.2. The van der Waals surface area contributed by atoms with Crippen molar-refractivity contribution in [3.05, 3.63) is 28.8 Å². The van der Waals surface area contributed by atoms with Gasteiger partial charge in [-0.05, 0) is 55.0 Å². The average molecular weight is 298 g/mol. The molecule has 1 N–H and O–H groups in total. The Morgan fingerprint density at radius 2 is 2.00 bits per heavy atom. The van der Waals surface area contributed by atoms with E-state index in [1.807, 2.05) is 18.2 Å². The van der Waals surface area contributed by atoms with E-state index in [0.717, 1.165) is 36.6 Å². The molecule has 1 aromatic rings. The highest BCUT2D eigenvalue weighted by Crippen LogP contribution is 2.27. The number of ether oxygens (including phenoxy) is 1. The third kappa shape index (κ3) is 5.34. The van der Waals surface area contributed by atoms with E-state index in [2.05, 4.69) is 33.0 Å². The summed E-state index contributed by atoms with van der Waals surface area (Å²) in [6.45, 7) is 10.1. The lowest BCUT2D eigenvalue weighted by Gasteiger charge is -2.31. The molecular formula is C17H28ClNO. The smallest absolute Gasteiger partial charge is 0.122 e. The molecule has 0 fully saturated rings. The van der Waals surface area contributed by atoms with Gasteiger partial charge in [-0.2, -0.15) is 0 Å². The zero-order chi connectivity index (χ0) is 15.2. The van der Waals surface area contributed by atoms with Gasteiger partial charge in [-0.3, -0.25) is 0 Å². The molecule has 0 bridgehead atoms. The van der Waals surface area contributed by atoms with Gasteiger partial charge in [0, 0.05) is 11.1 Å². The second-order valence-electron chi connectivity index (χ2n) is 6.32. The molecule has 0 heterocycles. The molecule has 1 unspecified atom stereocenters. The Kier molecular flexibility index (Phi) is 6.84. The zero-order valence-electron chi connectivity index (χ0n) is 13.4. The van der Waals surface area contributed by atoms with Crippen molar-refractivity contribution < 1.29 is 4.74 Å². The second-order valence-corrected chi connectivity index (χ2v) is 6.76. The van der Waals surface area contributed by atoms with Crippen LogP contribution < -0.4 is 10.1 Å². The molecule has 1 atom stereocenters. The normalized spacial score (nSPS) is 13.3. The van der Waals surface area contributed by atoms with E-state index in [1.165, 1.54) is 5.56 Å². The molecule has 0 saturated carbocycles. The molecule has 0 aromatic heterocycles. The molecule has 1 rings (SSSR count). The molecule has 0 amide bonds. The van der Waals surface area contributed by atoms with Crippen molar-refractivity contribution in [2.75, 3.05) is 13.7 Å². The molecule has 0 aliphatic heterocycles. The number of hydrogen-bond acceptors (Lipinski definition) is 2. The minimum Gasteiger partial charge on any atom is -0.496 e. The van der Waals surface area contributed by atoms with Crippen LogP contribution in [0.1, 0.15) is 46.1 Å². The molecule has 20 heavy (non-hydrogen) atoms. The maximum absolute atomic E-state index is 6.07. The Morgan fingerprint density at radius 1 is 1.30 bits per heavy atom. The van der Waals surface area contributed by atoms with Crippen molar-refractivity contribution >= 4 is 11.6 Å². The predicted octanol–water partition coefficient (Wildman–Crippen LogP) is 4.70. The van der Waals surface area contributed by atoms with Gasteiger partial charge in [0.1, 0.15) is 5.75 Å². The molecule has 0 aliphatic carbocycles. The van der Waals surface area contributed by atoms with Gasteiger partial charge in [-0.1, -0.05) is 39.3 Å². The van der Waals surface area contributed by atoms with Crippen LogP contribution >= 0.6 is 11.6 Å². The molecule has 2 nitrogen and oxygen atoms in total. The van der Waals surface area contributed by atoms with Gasteiger partial charge >= 0.3 is 0 Å². The van der Waals surface area contributed by atoms with E-state index in [1.54, 1.807) is 7.11 Å². The molecule has 0 spiro atoms. The molecule has 0 aliphatic rings. The maximum atomic E-state index is 6.07. The van der Waals surface area contributed by atoms with Crippen LogP contribution in [-0.2, 0) is 6.42 Å². The van der Waals surface area contributed by atoms with E-state index in [-0.39, 0.29) is 5.41 Å². The molecule has 0 saturated heterocycles. The summed E-state index contributed by atoms with van der Waals surface area (Å²) in [7, 11) is 1.71. The maximum Gasteiger partial charge on any atom is 0.122 e. The van der Waals surface area contributed by atoms with Crippen LogP contribution in [0.4, 0.5) is 0 Å². The highest BCUT2D eigenvalue weighted by Gasteiger charge is 2.23. The Hall–Kier alpha value is -0.730. The van der Waals surface area contributed by atoms with E-state index in [9.17, 15) is 0 Å². The summed E-state index contributed by atoms with van der Waals surface area (Å²) in [6, 6.07) is 6.38. The molecule has 3 heteroatoms. The fourth-order valence-electron chi connectivity index (χ4n) is 2.53. The number of hydrogen-bond donors (Lipinski definition) is 1. The van der Waals surface area contributed by atoms with Crippen LogP contribution in [0.2, 0.25) is 5.02 Å². The lowest BCUT2D eigenvalue weighted by Crippen LogP contribution is -2.40. The van der Waals surface area contributed by atoms with Crippen molar-refractivity contribution in [1.82, 2.24) is 5.32 Å². The van der Waals surface area contributed by atoms with Gasteiger partial charge < -0.3 is 10.1 Å². The molecule has 1 aromatic carbocycles. The molecule has 0 radical (unpaired) electrons. The summed E-state index contributed by atoms with van der Waals surface area (Å²) in [5.74, 6) is 0.935. The van der Waals surface area contributed by atoms with Crippen molar-refractivity contribution in [1.29, 1.82) is 0 Å². The predicted molar refractivity (Wildman–Crippen MR) is 87.9 cm³/mol. The first-order valence-electron chi connectivity index (χ1n) is 7.44. The SMILES string of the molecule is CCNC(CCCc1cc(Cl)ccc1OC)C(C)(C)C. The van der Waals surface area contributed by atoms with E-state index in [4.69, 9.17) is 16.3 Å². The van der Waals surface area contributed by atoms with E-state index >= 15 is 0 Å². The standard InChI is InChI=1S/C17H28ClNO/c1-6-19-16(17(2,3)4)9-7-8-13-12-14(18)10-11-15(13)20-5/h10-12,16,19H,6-9H2,1-5H3. The average Bonchev–Trinajstić information content (AvgIpc) is 2.37. The number of rotatable bonds is 7. The van der Waals surface area contributed by atoms with Gasteiger partial charge in [0.25, 0.3) is 0 Å². The Morgan fingerprint density at radius 3 is 2.55 bits per heavy atom. The first-order valence-corrected chi connectivity index (χ1v) is 7.82. The van der Waals surface area contributed by atoms with Crippen LogP contribution in [0.25, 0.3) is 0 Å². The summed E-state index contributed by atoms with van der Waals surface area (Å²) in [5, 5.41) is 4.37. The number of halogens is 1. The first kappa shape index (κ1) is 17.3. The quantitative estimate of drug-likeness (QED) is 0.788. The number of benzene rings is 1. The minimum atomic E-state index is 0.286. The summed E-state index contributed by atoms with van der Waals surface area (Å²) in [6.07, 6.45) is 3.29. The lowest BCUT2D eigenvalue weighted by atomic mass is 9.83. The van der Waals surface area contributed by atoms with Crippen molar-refractivity contribution in [3.8, 4) is 5.75 Å². The highest BCUT2D eigenvalue weighted by atomic mass is 35.5. The summed E-state index contributed by atoms with van der Waals surface area (Å²) < 4.78 is 5.40. The van der Waals surface area contributed by atoms with Gasteiger partial charge in [0.2, 0.25) is 0 Å². The van der Waals surface area contributed by atoms with Crippen LogP contribution in [0, 0.1) is 5.41 Å². The van der Waals surface area contributed by atoms with E-state index < -0.39 is 0 Å². The first-order chi connectivity index (χ1) is 9.38. The highest BCUT2D eigenvalue weighted by molar-refractivity contribution is 6.30. The van der Waals surface area contributed by atoms with Gasteiger partial charge in [-0.15, -0.1) is 0 Å². The minimum absolute atomic E-state index is 0.286. The third-order valence-electron chi connectivity index (χ3n) is 3.68. The number of methoxy groups -OCH3 is 1. The Bertz CT molecular complexity index is 412. The summed E-state index contributed by atoms with van der Waals surface area (Å²) in [5.41, 5.74) is 1.48. The fourth-order valence-corrected chi connectivity index (χ4v) is 2.72. The largest absolute Gasteiger partial charge is 0.496 e. The summed E-state index contributed by atoms with van der Waals surface area (Å²) in [4.78, 5) is 0. The third-order valence-corrected chi connectivity index (χ3v) is 3.91. The van der Waals surface area contributed by atoms with Gasteiger partial charge in [-0.25, -0.2) is 0 Å². The summed E-state index contributed by atoms with van der Waals surface area (Å²) >= 11 is 6.07. The second kappa shape index (κ2) is 7.90. The van der Waals surface area contributed by atoms with Gasteiger partial charge in [0.05, 0.1) is 7.11 Å². The molecular weight excluding hydrogens is 270 g/mol. The topological polar surface area (TPSA) is 21.3 Å². The molecule has 114 valence electrons.